The summed E-state index contributed by atoms with van der Waals surface area (Å²) in [5.74, 6) is 1.01. The fourth-order valence-corrected chi connectivity index (χ4v) is 3.49. The fraction of sp³-hybridized carbons (Fsp3) is 0.500. The Hall–Kier alpha value is -1.50. The first-order chi connectivity index (χ1) is 11.8. The third-order valence-corrected chi connectivity index (χ3v) is 4.96. The van der Waals surface area contributed by atoms with Gasteiger partial charge in [-0.1, -0.05) is 18.7 Å². The van der Waals surface area contributed by atoms with E-state index in [1.807, 2.05) is 24.8 Å². The molecule has 0 aromatic carbocycles. The predicted molar refractivity (Wildman–Crippen MR) is 97.8 cm³/mol. The highest BCUT2D eigenvalue weighted by atomic mass is 32.2. The van der Waals surface area contributed by atoms with Gasteiger partial charge in [0.1, 0.15) is 0 Å². The Morgan fingerprint density at radius 2 is 1.54 bits per heavy atom. The highest BCUT2D eigenvalue weighted by molar-refractivity contribution is 7.99. The summed E-state index contributed by atoms with van der Waals surface area (Å²) in [6.07, 6.45) is 8.91. The van der Waals surface area contributed by atoms with E-state index in [9.17, 15) is 0 Å². The van der Waals surface area contributed by atoms with Crippen molar-refractivity contribution in [3.63, 3.8) is 0 Å². The van der Waals surface area contributed by atoms with Crippen LogP contribution in [0, 0.1) is 0 Å². The number of nitrogens with zero attached hydrogens (tertiary/aromatic N) is 5. The number of rotatable bonds is 6. The van der Waals surface area contributed by atoms with Crippen molar-refractivity contribution in [1.29, 1.82) is 0 Å². The van der Waals surface area contributed by atoms with E-state index in [1.165, 1.54) is 17.5 Å². The van der Waals surface area contributed by atoms with Crippen molar-refractivity contribution in [2.24, 2.45) is 0 Å². The highest BCUT2D eigenvalue weighted by Crippen LogP contribution is 2.13. The molecule has 6 heteroatoms. The molecule has 0 N–H and O–H groups in total. The minimum atomic E-state index is 0.876. The summed E-state index contributed by atoms with van der Waals surface area (Å²) in [6, 6.07) is 4.21. The third-order valence-electron chi connectivity index (χ3n) is 4.20. The number of thioether (sulfide) groups is 1. The first kappa shape index (κ1) is 17.3. The second kappa shape index (κ2) is 9.11. The van der Waals surface area contributed by atoms with Crippen molar-refractivity contribution in [2.75, 3.05) is 31.9 Å². The van der Waals surface area contributed by atoms with Gasteiger partial charge in [0.05, 0.1) is 0 Å². The molecular weight excluding hydrogens is 318 g/mol. The van der Waals surface area contributed by atoms with Gasteiger partial charge in [-0.05, 0) is 43.0 Å². The summed E-state index contributed by atoms with van der Waals surface area (Å²) in [7, 11) is 0. The molecule has 0 amide bonds. The highest BCUT2D eigenvalue weighted by Gasteiger charge is 2.15. The number of hydrogen-bond acceptors (Lipinski definition) is 6. The van der Waals surface area contributed by atoms with Crippen LogP contribution < -0.4 is 0 Å². The van der Waals surface area contributed by atoms with Gasteiger partial charge < -0.3 is 0 Å². The molecule has 24 heavy (non-hydrogen) atoms. The maximum atomic E-state index is 4.44. The van der Waals surface area contributed by atoms with Gasteiger partial charge in [-0.15, -0.1) is 0 Å². The molecule has 1 aliphatic heterocycles. The van der Waals surface area contributed by atoms with Crippen LogP contribution in [0.4, 0.5) is 0 Å². The van der Waals surface area contributed by atoms with Crippen molar-refractivity contribution < 1.29 is 0 Å². The second-order valence-electron chi connectivity index (χ2n) is 6.07. The van der Waals surface area contributed by atoms with Crippen LogP contribution in [-0.4, -0.2) is 56.7 Å². The van der Waals surface area contributed by atoms with Crippen molar-refractivity contribution in [1.82, 2.24) is 24.8 Å². The number of aromatic nitrogens is 3. The quantitative estimate of drug-likeness (QED) is 0.594. The summed E-state index contributed by atoms with van der Waals surface area (Å²) in [5, 5.41) is 0.876. The van der Waals surface area contributed by atoms with Crippen LogP contribution in [0.25, 0.3) is 0 Å². The SMILES string of the molecule is CCSc1ncc(CN2CCCN(Cc3ccncc3)CC2)cn1. The van der Waals surface area contributed by atoms with Crippen LogP contribution in [0.5, 0.6) is 0 Å². The molecule has 1 saturated heterocycles. The first-order valence-corrected chi connectivity index (χ1v) is 9.59. The van der Waals surface area contributed by atoms with Crippen LogP contribution in [-0.2, 0) is 13.1 Å². The van der Waals surface area contributed by atoms with Crippen LogP contribution in [0.2, 0.25) is 0 Å². The van der Waals surface area contributed by atoms with Crippen molar-refractivity contribution in [3.05, 3.63) is 48.0 Å². The normalized spacial score (nSPS) is 16.9. The van der Waals surface area contributed by atoms with Gasteiger partial charge >= 0.3 is 0 Å². The summed E-state index contributed by atoms with van der Waals surface area (Å²) >= 11 is 1.69. The molecule has 5 nitrogen and oxygen atoms in total. The molecule has 3 heterocycles. The van der Waals surface area contributed by atoms with Gasteiger partial charge in [-0.2, -0.15) is 0 Å². The third kappa shape index (κ3) is 5.26. The second-order valence-corrected chi connectivity index (χ2v) is 7.30. The first-order valence-electron chi connectivity index (χ1n) is 8.61. The molecular formula is C18H25N5S. The monoisotopic (exact) mass is 343 g/mol. The molecule has 1 aliphatic rings. The topological polar surface area (TPSA) is 45.2 Å². The lowest BCUT2D eigenvalue weighted by Gasteiger charge is -2.21. The van der Waals surface area contributed by atoms with Gasteiger partial charge in [-0.25, -0.2) is 9.97 Å². The van der Waals surface area contributed by atoms with E-state index >= 15 is 0 Å². The van der Waals surface area contributed by atoms with E-state index < -0.39 is 0 Å². The smallest absolute Gasteiger partial charge is 0.187 e. The van der Waals surface area contributed by atoms with E-state index in [2.05, 4.69) is 43.8 Å². The number of pyridine rings is 1. The molecule has 1 fully saturated rings. The maximum absolute atomic E-state index is 4.44. The molecule has 0 unspecified atom stereocenters. The zero-order chi connectivity index (χ0) is 16.6. The van der Waals surface area contributed by atoms with Crippen molar-refractivity contribution in [2.45, 2.75) is 31.6 Å². The van der Waals surface area contributed by atoms with E-state index in [4.69, 9.17) is 0 Å². The van der Waals surface area contributed by atoms with Crippen LogP contribution in [0.1, 0.15) is 24.5 Å². The van der Waals surface area contributed by atoms with Gasteiger partial charge in [0.2, 0.25) is 0 Å². The van der Waals surface area contributed by atoms with Crippen molar-refractivity contribution >= 4 is 11.8 Å². The average Bonchev–Trinajstić information content (AvgIpc) is 2.83. The van der Waals surface area contributed by atoms with E-state index in [0.717, 1.165) is 50.2 Å². The summed E-state index contributed by atoms with van der Waals surface area (Å²) < 4.78 is 0. The molecule has 0 atom stereocenters. The zero-order valence-corrected chi connectivity index (χ0v) is 15.1. The molecule has 2 aromatic heterocycles. The van der Waals surface area contributed by atoms with Crippen LogP contribution in [0.15, 0.2) is 42.1 Å². The predicted octanol–water partition coefficient (Wildman–Crippen LogP) is 2.69. The molecule has 0 radical (unpaired) electrons. The Bertz CT molecular complexity index is 605. The van der Waals surface area contributed by atoms with Gasteiger partial charge in [0.25, 0.3) is 0 Å². The maximum Gasteiger partial charge on any atom is 0.187 e. The lowest BCUT2D eigenvalue weighted by atomic mass is 10.2. The minimum Gasteiger partial charge on any atom is -0.298 e. The summed E-state index contributed by atoms with van der Waals surface area (Å²) in [5.41, 5.74) is 2.55. The van der Waals surface area contributed by atoms with Crippen LogP contribution >= 0.6 is 11.8 Å². The standard InChI is InChI=1S/C18H25N5S/c1-2-24-18-20-12-17(13-21-18)15-23-9-3-8-22(10-11-23)14-16-4-6-19-7-5-16/h4-7,12-13H,2-3,8-11,14-15H2,1H3. The summed E-state index contributed by atoms with van der Waals surface area (Å²) in [4.78, 5) is 18.0. The Morgan fingerprint density at radius 1 is 0.917 bits per heavy atom. The lowest BCUT2D eigenvalue weighted by molar-refractivity contribution is 0.246. The molecule has 2 aromatic rings. The molecule has 3 rings (SSSR count). The molecule has 0 saturated carbocycles. The minimum absolute atomic E-state index is 0.876. The van der Waals surface area contributed by atoms with E-state index in [0.29, 0.717) is 0 Å². The Kier molecular flexibility index (Phi) is 6.57. The van der Waals surface area contributed by atoms with Gasteiger partial charge in [0.15, 0.2) is 5.16 Å². The zero-order valence-electron chi connectivity index (χ0n) is 14.3. The fourth-order valence-electron chi connectivity index (χ4n) is 2.97. The van der Waals surface area contributed by atoms with Crippen LogP contribution in [0.3, 0.4) is 0 Å². The van der Waals surface area contributed by atoms with Crippen molar-refractivity contribution in [3.8, 4) is 0 Å². The lowest BCUT2D eigenvalue weighted by Crippen LogP contribution is -2.30. The Labute approximate surface area is 148 Å². The summed E-state index contributed by atoms with van der Waals surface area (Å²) in [6.45, 7) is 8.57. The Morgan fingerprint density at radius 3 is 2.17 bits per heavy atom. The van der Waals surface area contributed by atoms with E-state index in [1.54, 1.807) is 11.8 Å². The van der Waals surface area contributed by atoms with Gasteiger partial charge in [-0.3, -0.25) is 14.8 Å². The molecule has 128 valence electrons. The number of hydrogen-bond donors (Lipinski definition) is 0. The molecule has 0 aliphatic carbocycles. The van der Waals surface area contributed by atoms with Gasteiger partial charge in [0, 0.05) is 56.5 Å². The average molecular weight is 344 g/mol. The molecule has 0 bridgehead atoms. The Balaban J connectivity index is 1.50. The molecule has 0 spiro atoms. The van der Waals surface area contributed by atoms with E-state index in [-0.39, 0.29) is 0 Å². The largest absolute Gasteiger partial charge is 0.298 e.